The number of ketones is 1. The summed E-state index contributed by atoms with van der Waals surface area (Å²) in [5, 5.41) is 0.503. The number of Topliss-reactive ketones (excluding diaryl/α,β-unsaturated/α-hetero) is 1. The van der Waals surface area contributed by atoms with Crippen LogP contribution < -0.4 is 0 Å². The van der Waals surface area contributed by atoms with Gasteiger partial charge >= 0.3 is 0 Å². The van der Waals surface area contributed by atoms with E-state index in [2.05, 4.69) is 35.9 Å². The third-order valence-electron chi connectivity index (χ3n) is 8.65. The third-order valence-corrected chi connectivity index (χ3v) is 9.20. The van der Waals surface area contributed by atoms with Crippen molar-refractivity contribution in [3.8, 4) is 0 Å². The molecule has 0 aromatic carbocycles. The lowest BCUT2D eigenvalue weighted by atomic mass is 9.47. The van der Waals surface area contributed by atoms with Gasteiger partial charge in [0.1, 0.15) is 5.78 Å². The molecule has 1 heterocycles. The van der Waals surface area contributed by atoms with Crippen molar-refractivity contribution in [2.45, 2.75) is 58.4 Å². The van der Waals surface area contributed by atoms with Crippen LogP contribution >= 0.6 is 15.9 Å². The highest BCUT2D eigenvalue weighted by Gasteiger charge is 2.61. The van der Waals surface area contributed by atoms with Gasteiger partial charge in [0.2, 0.25) is 5.91 Å². The van der Waals surface area contributed by atoms with Crippen molar-refractivity contribution in [2.24, 2.45) is 34.5 Å². The number of nitrogens with zero attached hydrogens (tertiary/aromatic N) is 1. The van der Waals surface area contributed by atoms with Gasteiger partial charge in [-0.3, -0.25) is 9.59 Å². The van der Waals surface area contributed by atoms with Crippen LogP contribution in [0.1, 0.15) is 52.4 Å². The van der Waals surface area contributed by atoms with Crippen molar-refractivity contribution in [3.05, 3.63) is 12.2 Å². The Hall–Kier alpha value is -0.640. The highest BCUT2D eigenvalue weighted by Crippen LogP contribution is 2.65. The Balaban J connectivity index is 1.65. The molecule has 0 radical (unpaired) electrons. The van der Waals surface area contributed by atoms with E-state index in [0.717, 1.165) is 19.3 Å². The van der Waals surface area contributed by atoms with Gasteiger partial charge in [0.15, 0.2) is 0 Å². The van der Waals surface area contributed by atoms with Gasteiger partial charge in [-0.1, -0.05) is 35.9 Å². The number of alkyl halides is 1. The predicted molar refractivity (Wildman–Crippen MR) is 102 cm³/mol. The van der Waals surface area contributed by atoms with Crippen molar-refractivity contribution < 1.29 is 9.59 Å². The van der Waals surface area contributed by atoms with E-state index in [0.29, 0.717) is 34.9 Å². The molecule has 7 atom stereocenters. The van der Waals surface area contributed by atoms with Gasteiger partial charge in [0, 0.05) is 24.4 Å². The SMILES string of the molecule is CN1C(=O)C=C[C@]2(C)C3CCC4(C)C(CC[C@@H]4C(=O)CBr)C3CCC12. The van der Waals surface area contributed by atoms with Gasteiger partial charge in [-0.25, -0.2) is 0 Å². The molecule has 5 unspecified atom stereocenters. The summed E-state index contributed by atoms with van der Waals surface area (Å²) in [7, 11) is 1.97. The number of carbonyl (C=O) groups excluding carboxylic acids is 2. The van der Waals surface area contributed by atoms with Crippen LogP contribution in [-0.4, -0.2) is 35.0 Å². The van der Waals surface area contributed by atoms with Gasteiger partial charge in [-0.05, 0) is 67.8 Å². The predicted octanol–water partition coefficient (Wildman–Crippen LogP) is 4.21. The molecule has 138 valence electrons. The van der Waals surface area contributed by atoms with Crippen LogP contribution in [0.4, 0.5) is 0 Å². The van der Waals surface area contributed by atoms with Gasteiger partial charge in [-0.15, -0.1) is 0 Å². The van der Waals surface area contributed by atoms with Crippen LogP contribution in [0.15, 0.2) is 12.2 Å². The Kier molecular flexibility index (Phi) is 4.22. The Bertz CT molecular complexity index is 631. The molecule has 4 aliphatic rings. The highest BCUT2D eigenvalue weighted by atomic mass is 79.9. The molecule has 0 aromatic rings. The Morgan fingerprint density at radius 2 is 1.96 bits per heavy atom. The minimum absolute atomic E-state index is 0.102. The zero-order valence-corrected chi connectivity index (χ0v) is 17.2. The van der Waals surface area contributed by atoms with Crippen LogP contribution in [0.5, 0.6) is 0 Å². The van der Waals surface area contributed by atoms with Gasteiger partial charge in [0.05, 0.1) is 5.33 Å². The minimum atomic E-state index is 0.102. The largest absolute Gasteiger partial charge is 0.338 e. The molecule has 3 aliphatic carbocycles. The van der Waals surface area contributed by atoms with Crippen LogP contribution in [-0.2, 0) is 9.59 Å². The summed E-state index contributed by atoms with van der Waals surface area (Å²) in [6.45, 7) is 4.78. The Morgan fingerprint density at radius 1 is 1.20 bits per heavy atom. The molecule has 1 aliphatic heterocycles. The molecule has 3 fully saturated rings. The van der Waals surface area contributed by atoms with E-state index in [1.165, 1.54) is 19.3 Å². The van der Waals surface area contributed by atoms with Gasteiger partial charge in [0.25, 0.3) is 0 Å². The molecule has 0 spiro atoms. The van der Waals surface area contributed by atoms with E-state index in [1.54, 1.807) is 6.08 Å². The van der Waals surface area contributed by atoms with Gasteiger partial charge in [-0.2, -0.15) is 0 Å². The lowest BCUT2D eigenvalue weighted by molar-refractivity contribution is -0.141. The van der Waals surface area contributed by atoms with Crippen molar-refractivity contribution in [3.63, 3.8) is 0 Å². The first-order chi connectivity index (χ1) is 11.8. The second-order valence-corrected chi connectivity index (χ2v) is 9.95. The van der Waals surface area contributed by atoms with Crippen LogP contribution in [0, 0.1) is 34.5 Å². The molecule has 4 heteroatoms. The fourth-order valence-corrected chi connectivity index (χ4v) is 7.75. The molecular weight excluding hydrogens is 378 g/mol. The lowest BCUT2D eigenvalue weighted by Gasteiger charge is -2.60. The maximum absolute atomic E-state index is 12.5. The van der Waals surface area contributed by atoms with E-state index in [1.807, 2.05) is 11.9 Å². The first-order valence-corrected chi connectivity index (χ1v) is 11.0. The highest BCUT2D eigenvalue weighted by molar-refractivity contribution is 9.09. The molecular formula is C21H30BrNO2. The molecule has 0 N–H and O–H groups in total. The standard InChI is InChI=1S/C21H30BrNO2/c1-20-10-8-15-13(14(20)5-6-16(20)17(24)12-22)4-7-18-21(15,2)11-9-19(25)23(18)3/h9,11,13-16,18H,4-8,10,12H2,1-3H3/t13?,14?,15?,16-,18?,20?,21-/m1/s1. The fraction of sp³-hybridized carbons (Fsp3) is 0.810. The van der Waals surface area contributed by atoms with Gasteiger partial charge < -0.3 is 4.90 Å². The molecule has 1 amide bonds. The summed E-state index contributed by atoms with van der Waals surface area (Å²) in [4.78, 5) is 26.6. The summed E-state index contributed by atoms with van der Waals surface area (Å²) < 4.78 is 0. The number of hydrogen-bond acceptors (Lipinski definition) is 2. The second kappa shape index (κ2) is 5.94. The van der Waals surface area contributed by atoms with Crippen molar-refractivity contribution in [1.82, 2.24) is 4.90 Å². The van der Waals surface area contributed by atoms with Crippen LogP contribution in [0.2, 0.25) is 0 Å². The smallest absolute Gasteiger partial charge is 0.246 e. The average Bonchev–Trinajstić information content (AvgIpc) is 2.95. The average molecular weight is 408 g/mol. The van der Waals surface area contributed by atoms with E-state index in [-0.39, 0.29) is 22.7 Å². The molecule has 4 rings (SSSR count). The number of rotatable bonds is 2. The van der Waals surface area contributed by atoms with Crippen molar-refractivity contribution in [1.29, 1.82) is 0 Å². The van der Waals surface area contributed by atoms with Crippen LogP contribution in [0.3, 0.4) is 0 Å². The summed E-state index contributed by atoms with van der Waals surface area (Å²) in [6, 6.07) is 0.344. The number of hydrogen-bond donors (Lipinski definition) is 0. The quantitative estimate of drug-likeness (QED) is 0.642. The number of fused-ring (bicyclic) bond motifs is 5. The first kappa shape index (κ1) is 17.8. The molecule has 3 nitrogen and oxygen atoms in total. The Morgan fingerprint density at radius 3 is 2.68 bits per heavy atom. The first-order valence-electron chi connectivity index (χ1n) is 9.87. The number of carbonyl (C=O) groups is 2. The fourth-order valence-electron chi connectivity index (χ4n) is 7.36. The summed E-state index contributed by atoms with van der Waals surface area (Å²) in [5.41, 5.74) is 0.291. The second-order valence-electron chi connectivity index (χ2n) is 9.39. The molecule has 25 heavy (non-hydrogen) atoms. The topological polar surface area (TPSA) is 37.4 Å². The summed E-state index contributed by atoms with van der Waals surface area (Å²) in [6.07, 6.45) is 11.0. The van der Waals surface area contributed by atoms with Crippen molar-refractivity contribution in [2.75, 3.05) is 12.4 Å². The van der Waals surface area contributed by atoms with Crippen molar-refractivity contribution >= 4 is 27.6 Å². The molecule has 3 saturated carbocycles. The number of likely N-dealkylation sites (N-methyl/N-ethyl adjacent to an activating group) is 1. The number of amides is 1. The van der Waals surface area contributed by atoms with Crippen LogP contribution in [0.25, 0.3) is 0 Å². The zero-order valence-electron chi connectivity index (χ0n) is 15.6. The maximum atomic E-state index is 12.5. The molecule has 0 aromatic heterocycles. The third kappa shape index (κ3) is 2.35. The van der Waals surface area contributed by atoms with E-state index < -0.39 is 0 Å². The monoisotopic (exact) mass is 407 g/mol. The van der Waals surface area contributed by atoms with E-state index in [9.17, 15) is 9.59 Å². The lowest BCUT2D eigenvalue weighted by Crippen LogP contribution is -2.59. The minimum Gasteiger partial charge on any atom is -0.338 e. The number of halogens is 1. The Labute approximate surface area is 159 Å². The molecule has 0 saturated heterocycles. The normalized spacial score (nSPS) is 48.7. The zero-order chi connectivity index (χ0) is 18.0. The maximum Gasteiger partial charge on any atom is 0.246 e. The van der Waals surface area contributed by atoms with E-state index >= 15 is 0 Å². The summed E-state index contributed by atoms with van der Waals surface area (Å²) in [5.74, 6) is 2.84. The summed E-state index contributed by atoms with van der Waals surface area (Å²) >= 11 is 3.40. The van der Waals surface area contributed by atoms with E-state index in [4.69, 9.17) is 0 Å². The molecule has 0 bridgehead atoms.